The second-order valence-corrected chi connectivity index (χ2v) is 5.94. The largest absolute Gasteiger partial charge is 0.365 e. The number of hydrogen-bond donors (Lipinski definition) is 2. The van der Waals surface area contributed by atoms with Gasteiger partial charge in [-0.05, 0) is 45.6 Å². The van der Waals surface area contributed by atoms with Gasteiger partial charge >= 0.3 is 0 Å². The van der Waals surface area contributed by atoms with Gasteiger partial charge in [0.1, 0.15) is 6.10 Å². The molecule has 1 saturated carbocycles. The fraction of sp³-hybridized carbons (Fsp3) is 0.933. The summed E-state index contributed by atoms with van der Waals surface area (Å²) >= 11 is 0. The molecule has 5 heteroatoms. The number of hydrogen-bond acceptors (Lipinski definition) is 3. The minimum Gasteiger partial charge on any atom is -0.365 e. The second kappa shape index (κ2) is 8.85. The van der Waals surface area contributed by atoms with E-state index in [4.69, 9.17) is 4.74 Å². The maximum absolute atomic E-state index is 12.3. The topological polar surface area (TPSA) is 50.4 Å². The van der Waals surface area contributed by atoms with Crippen molar-refractivity contribution < 1.29 is 9.53 Å². The van der Waals surface area contributed by atoms with E-state index in [-0.39, 0.29) is 30.5 Å². The summed E-state index contributed by atoms with van der Waals surface area (Å²) in [5.74, 6) is 0.0787. The number of nitrogens with one attached hydrogen (secondary N) is 2. The third-order valence-corrected chi connectivity index (χ3v) is 4.41. The van der Waals surface area contributed by atoms with Crippen molar-refractivity contribution in [3.05, 3.63) is 0 Å². The van der Waals surface area contributed by atoms with E-state index < -0.39 is 0 Å². The average Bonchev–Trinajstić information content (AvgIpc) is 2.91. The zero-order chi connectivity index (χ0) is 13.7. The summed E-state index contributed by atoms with van der Waals surface area (Å²) in [4.78, 5) is 12.3. The van der Waals surface area contributed by atoms with Gasteiger partial charge in [-0.1, -0.05) is 19.8 Å². The molecule has 2 N–H and O–H groups in total. The molecule has 1 heterocycles. The molecule has 2 aliphatic rings. The van der Waals surface area contributed by atoms with E-state index in [0.717, 1.165) is 38.6 Å². The zero-order valence-electron chi connectivity index (χ0n) is 12.7. The number of halogens is 1. The number of ether oxygens (including phenoxy) is 1. The third kappa shape index (κ3) is 4.90. The van der Waals surface area contributed by atoms with Crippen molar-refractivity contribution in [2.75, 3.05) is 6.54 Å². The minimum atomic E-state index is -0.266. The van der Waals surface area contributed by atoms with E-state index in [2.05, 4.69) is 17.6 Å². The van der Waals surface area contributed by atoms with Crippen LogP contribution in [0.5, 0.6) is 0 Å². The van der Waals surface area contributed by atoms with Gasteiger partial charge in [0.2, 0.25) is 5.91 Å². The molecule has 4 nitrogen and oxygen atoms in total. The molecule has 20 heavy (non-hydrogen) atoms. The standard InChI is InChI=1S/C15H28N2O2.ClH/c1-3-14(19-12-7-4-5-8-12)15(18)17-13-9-6-10-16-11(13)2;/h11-14,16H,3-10H2,1-2H3,(H,17,18);1H. The molecule has 3 atom stereocenters. The first-order valence-corrected chi connectivity index (χ1v) is 7.90. The maximum Gasteiger partial charge on any atom is 0.249 e. The van der Waals surface area contributed by atoms with Crippen LogP contribution in [0, 0.1) is 0 Å². The van der Waals surface area contributed by atoms with Crippen molar-refractivity contribution in [2.45, 2.75) is 83.1 Å². The number of rotatable bonds is 5. The molecule has 0 radical (unpaired) electrons. The van der Waals surface area contributed by atoms with Crippen LogP contribution < -0.4 is 10.6 Å². The highest BCUT2D eigenvalue weighted by Crippen LogP contribution is 2.23. The minimum absolute atomic E-state index is 0. The number of amides is 1. The average molecular weight is 305 g/mol. The summed E-state index contributed by atoms with van der Waals surface area (Å²) in [6.45, 7) is 5.23. The highest BCUT2D eigenvalue weighted by molar-refractivity contribution is 5.85. The Morgan fingerprint density at radius 1 is 1.30 bits per heavy atom. The predicted octanol–water partition coefficient (Wildman–Crippen LogP) is 2.40. The van der Waals surface area contributed by atoms with Crippen LogP contribution in [0.2, 0.25) is 0 Å². The number of carbonyl (C=O) groups is 1. The molecule has 0 aromatic heterocycles. The molecule has 0 spiro atoms. The first kappa shape index (κ1) is 17.7. The Balaban J connectivity index is 0.00000200. The van der Waals surface area contributed by atoms with Crippen molar-refractivity contribution >= 4 is 18.3 Å². The van der Waals surface area contributed by atoms with Crippen molar-refractivity contribution in [1.29, 1.82) is 0 Å². The smallest absolute Gasteiger partial charge is 0.249 e. The van der Waals surface area contributed by atoms with E-state index in [0.29, 0.717) is 12.1 Å². The molecule has 2 rings (SSSR count). The van der Waals surface area contributed by atoms with Gasteiger partial charge < -0.3 is 15.4 Å². The van der Waals surface area contributed by atoms with Crippen LogP contribution in [-0.4, -0.2) is 36.7 Å². The highest BCUT2D eigenvalue weighted by atomic mass is 35.5. The molecule has 3 unspecified atom stereocenters. The lowest BCUT2D eigenvalue weighted by atomic mass is 9.99. The molecule has 2 fully saturated rings. The first-order chi connectivity index (χ1) is 9.20. The molecule has 0 aromatic carbocycles. The van der Waals surface area contributed by atoms with Gasteiger partial charge in [0.05, 0.1) is 6.10 Å². The van der Waals surface area contributed by atoms with E-state index in [1.807, 2.05) is 6.92 Å². The van der Waals surface area contributed by atoms with Gasteiger partial charge in [0, 0.05) is 12.1 Å². The normalized spacial score (nSPS) is 28.7. The molecule has 1 aliphatic carbocycles. The first-order valence-electron chi connectivity index (χ1n) is 7.90. The summed E-state index contributed by atoms with van der Waals surface area (Å²) in [6.07, 6.45) is 7.72. The predicted molar refractivity (Wildman–Crippen MR) is 83.3 cm³/mol. The van der Waals surface area contributed by atoms with Crippen LogP contribution in [0.15, 0.2) is 0 Å². The third-order valence-electron chi connectivity index (χ3n) is 4.41. The summed E-state index contributed by atoms with van der Waals surface area (Å²) in [7, 11) is 0. The Bertz CT molecular complexity index is 296. The summed E-state index contributed by atoms with van der Waals surface area (Å²) < 4.78 is 5.97. The molecule has 0 bridgehead atoms. The summed E-state index contributed by atoms with van der Waals surface area (Å²) in [5.41, 5.74) is 0. The Morgan fingerprint density at radius 2 is 2.00 bits per heavy atom. The molecular weight excluding hydrogens is 276 g/mol. The summed E-state index contributed by atoms with van der Waals surface area (Å²) in [5, 5.41) is 6.58. The van der Waals surface area contributed by atoms with Crippen LogP contribution in [0.3, 0.4) is 0 Å². The molecular formula is C15H29ClN2O2. The van der Waals surface area contributed by atoms with Crippen LogP contribution in [0.25, 0.3) is 0 Å². The SMILES string of the molecule is CCC(OC1CCCC1)C(=O)NC1CCCNC1C.Cl. The number of carbonyl (C=O) groups excluding carboxylic acids is 1. The summed E-state index contributed by atoms with van der Waals surface area (Å²) in [6, 6.07) is 0.615. The molecule has 1 saturated heterocycles. The quantitative estimate of drug-likeness (QED) is 0.820. The van der Waals surface area contributed by atoms with Crippen molar-refractivity contribution in [2.24, 2.45) is 0 Å². The van der Waals surface area contributed by atoms with Crippen LogP contribution in [0.1, 0.15) is 58.8 Å². The maximum atomic E-state index is 12.3. The molecule has 0 aromatic rings. The monoisotopic (exact) mass is 304 g/mol. The van der Waals surface area contributed by atoms with Crippen molar-refractivity contribution in [3.8, 4) is 0 Å². The van der Waals surface area contributed by atoms with Crippen molar-refractivity contribution in [3.63, 3.8) is 0 Å². The Kier molecular flexibility index (Phi) is 7.85. The van der Waals surface area contributed by atoms with Gasteiger partial charge in [0.15, 0.2) is 0 Å². The Hall–Kier alpha value is -0.320. The van der Waals surface area contributed by atoms with Gasteiger partial charge in [-0.2, -0.15) is 0 Å². The zero-order valence-corrected chi connectivity index (χ0v) is 13.5. The van der Waals surface area contributed by atoms with Gasteiger partial charge in [-0.15, -0.1) is 12.4 Å². The van der Waals surface area contributed by atoms with Crippen molar-refractivity contribution in [1.82, 2.24) is 10.6 Å². The van der Waals surface area contributed by atoms with Crippen LogP contribution in [0.4, 0.5) is 0 Å². The van der Waals surface area contributed by atoms with E-state index in [1.165, 1.54) is 12.8 Å². The van der Waals surface area contributed by atoms with E-state index in [1.54, 1.807) is 0 Å². The van der Waals surface area contributed by atoms with Crippen LogP contribution in [-0.2, 0) is 9.53 Å². The molecule has 1 amide bonds. The van der Waals surface area contributed by atoms with Crippen LogP contribution >= 0.6 is 12.4 Å². The van der Waals surface area contributed by atoms with E-state index >= 15 is 0 Å². The highest BCUT2D eigenvalue weighted by Gasteiger charge is 2.28. The second-order valence-electron chi connectivity index (χ2n) is 5.94. The lowest BCUT2D eigenvalue weighted by Crippen LogP contribution is -2.54. The fourth-order valence-corrected chi connectivity index (χ4v) is 3.12. The lowest BCUT2D eigenvalue weighted by Gasteiger charge is -2.32. The fourth-order valence-electron chi connectivity index (χ4n) is 3.12. The van der Waals surface area contributed by atoms with Gasteiger partial charge in [-0.3, -0.25) is 4.79 Å². The lowest BCUT2D eigenvalue weighted by molar-refractivity contribution is -0.137. The Labute approximate surface area is 128 Å². The molecule has 118 valence electrons. The van der Waals surface area contributed by atoms with E-state index in [9.17, 15) is 4.79 Å². The van der Waals surface area contributed by atoms with Gasteiger partial charge in [0.25, 0.3) is 0 Å². The molecule has 1 aliphatic heterocycles. The Morgan fingerprint density at radius 3 is 2.60 bits per heavy atom. The number of piperidine rings is 1. The van der Waals surface area contributed by atoms with Gasteiger partial charge in [-0.25, -0.2) is 0 Å².